The zero-order valence-electron chi connectivity index (χ0n) is 15.6. The summed E-state index contributed by atoms with van der Waals surface area (Å²) in [6.07, 6.45) is 2.61. The van der Waals surface area contributed by atoms with Gasteiger partial charge in [0.1, 0.15) is 0 Å². The van der Waals surface area contributed by atoms with Gasteiger partial charge in [0.2, 0.25) is 0 Å². The minimum absolute atomic E-state index is 0. The topological polar surface area (TPSA) is 58.1 Å². The van der Waals surface area contributed by atoms with E-state index in [1.807, 2.05) is 0 Å². The van der Waals surface area contributed by atoms with Crippen molar-refractivity contribution >= 4 is 29.9 Å². The molecule has 0 radical (unpaired) electrons. The van der Waals surface area contributed by atoms with Gasteiger partial charge < -0.3 is 20.1 Å². The lowest BCUT2D eigenvalue weighted by atomic mass is 10.1. The zero-order chi connectivity index (χ0) is 17.3. The second-order valence-electron chi connectivity index (χ2n) is 6.65. The van der Waals surface area contributed by atoms with E-state index in [1.54, 1.807) is 7.05 Å². The van der Waals surface area contributed by atoms with Crippen LogP contribution in [0.4, 0.5) is 0 Å². The fourth-order valence-corrected chi connectivity index (χ4v) is 3.20. The highest BCUT2D eigenvalue weighted by Gasteiger charge is 2.15. The number of guanidine groups is 1. The predicted octanol–water partition coefficient (Wildman–Crippen LogP) is 1.98. The molecule has 6 nitrogen and oxygen atoms in total. The van der Waals surface area contributed by atoms with Crippen LogP contribution in [-0.4, -0.2) is 63.5 Å². The van der Waals surface area contributed by atoms with Crippen molar-refractivity contribution in [1.29, 1.82) is 0 Å². The van der Waals surface area contributed by atoms with E-state index >= 15 is 0 Å². The van der Waals surface area contributed by atoms with Gasteiger partial charge in [-0.15, -0.1) is 24.0 Å². The second-order valence-corrected chi connectivity index (χ2v) is 6.65. The van der Waals surface area contributed by atoms with Gasteiger partial charge in [-0.3, -0.25) is 9.89 Å². The third-order valence-corrected chi connectivity index (χ3v) is 4.74. The monoisotopic (exact) mass is 474 g/mol. The van der Waals surface area contributed by atoms with Gasteiger partial charge in [-0.1, -0.05) is 24.3 Å². The molecule has 0 spiro atoms. The van der Waals surface area contributed by atoms with Crippen LogP contribution in [0.5, 0.6) is 0 Å². The van der Waals surface area contributed by atoms with Crippen LogP contribution >= 0.6 is 24.0 Å². The molecule has 1 unspecified atom stereocenters. The Labute approximate surface area is 173 Å². The Hall–Kier alpha value is -0.900. The molecule has 3 rings (SSSR count). The van der Waals surface area contributed by atoms with E-state index < -0.39 is 0 Å². The van der Waals surface area contributed by atoms with Crippen LogP contribution in [0.2, 0.25) is 0 Å². The van der Waals surface area contributed by atoms with Gasteiger partial charge in [0, 0.05) is 46.4 Å². The Balaban J connectivity index is 0.00000243. The van der Waals surface area contributed by atoms with Crippen molar-refractivity contribution in [3.05, 3.63) is 35.4 Å². The standard InChI is InChI=1S/C19H30N4O2.HI/c1-20-19(22-14-18-3-2-10-25-18)21-13-16-4-6-17(7-5-16)15-23-8-11-24-12-9-23;/h4-7,18H,2-3,8-15H2,1H3,(H2,20,21,22);1H. The maximum absolute atomic E-state index is 5.63. The molecule has 0 amide bonds. The van der Waals surface area contributed by atoms with Crippen LogP contribution in [0.25, 0.3) is 0 Å². The van der Waals surface area contributed by atoms with E-state index in [1.165, 1.54) is 11.1 Å². The lowest BCUT2D eigenvalue weighted by Gasteiger charge is -2.26. The Kier molecular flexibility index (Phi) is 9.66. The molecule has 2 N–H and O–H groups in total. The molecule has 2 fully saturated rings. The Bertz CT molecular complexity index is 541. The molecular formula is C19H31IN4O2. The lowest BCUT2D eigenvalue weighted by Crippen LogP contribution is -2.40. The predicted molar refractivity (Wildman–Crippen MR) is 115 cm³/mol. The molecule has 2 saturated heterocycles. The molecule has 0 aromatic heterocycles. The molecule has 0 saturated carbocycles. The van der Waals surface area contributed by atoms with Crippen molar-refractivity contribution in [2.45, 2.75) is 32.0 Å². The van der Waals surface area contributed by atoms with Crippen molar-refractivity contribution in [3.8, 4) is 0 Å². The van der Waals surface area contributed by atoms with Gasteiger partial charge in [0.25, 0.3) is 0 Å². The lowest BCUT2D eigenvalue weighted by molar-refractivity contribution is 0.0342. The van der Waals surface area contributed by atoms with E-state index in [2.05, 4.69) is 44.8 Å². The third kappa shape index (κ3) is 7.02. The van der Waals surface area contributed by atoms with Gasteiger partial charge in [0.05, 0.1) is 19.3 Å². The van der Waals surface area contributed by atoms with Gasteiger partial charge in [-0.05, 0) is 24.0 Å². The number of rotatable bonds is 6. The molecule has 1 aromatic carbocycles. The smallest absolute Gasteiger partial charge is 0.191 e. The van der Waals surface area contributed by atoms with Gasteiger partial charge in [-0.2, -0.15) is 0 Å². The van der Waals surface area contributed by atoms with Crippen molar-refractivity contribution in [2.75, 3.05) is 46.5 Å². The first-order chi connectivity index (χ1) is 12.3. The van der Waals surface area contributed by atoms with E-state index in [9.17, 15) is 0 Å². The summed E-state index contributed by atoms with van der Waals surface area (Å²) in [5.74, 6) is 0.827. The summed E-state index contributed by atoms with van der Waals surface area (Å²) in [7, 11) is 1.80. The highest BCUT2D eigenvalue weighted by molar-refractivity contribution is 14.0. The van der Waals surface area contributed by atoms with Crippen LogP contribution < -0.4 is 10.6 Å². The summed E-state index contributed by atoms with van der Waals surface area (Å²) >= 11 is 0. The average Bonchev–Trinajstić information content (AvgIpc) is 3.18. The first-order valence-electron chi connectivity index (χ1n) is 9.27. The number of ether oxygens (including phenoxy) is 2. The maximum atomic E-state index is 5.63. The van der Waals surface area contributed by atoms with E-state index in [-0.39, 0.29) is 24.0 Å². The number of nitrogens with zero attached hydrogens (tertiary/aromatic N) is 2. The zero-order valence-corrected chi connectivity index (χ0v) is 17.9. The highest BCUT2D eigenvalue weighted by atomic mass is 127. The molecule has 2 heterocycles. The number of nitrogens with one attached hydrogen (secondary N) is 2. The van der Waals surface area contributed by atoms with Crippen LogP contribution in [-0.2, 0) is 22.6 Å². The number of hydrogen-bond acceptors (Lipinski definition) is 4. The van der Waals surface area contributed by atoms with Gasteiger partial charge in [0.15, 0.2) is 5.96 Å². The number of halogens is 1. The summed E-state index contributed by atoms with van der Waals surface area (Å²) < 4.78 is 11.0. The SMILES string of the molecule is CN=C(NCc1ccc(CN2CCOCC2)cc1)NCC1CCCO1.I. The molecule has 0 aliphatic carbocycles. The van der Waals surface area contributed by atoms with Crippen LogP contribution in [0.15, 0.2) is 29.3 Å². The fourth-order valence-electron chi connectivity index (χ4n) is 3.20. The van der Waals surface area contributed by atoms with Crippen LogP contribution in [0.1, 0.15) is 24.0 Å². The average molecular weight is 474 g/mol. The minimum atomic E-state index is 0. The summed E-state index contributed by atoms with van der Waals surface area (Å²) in [4.78, 5) is 6.72. The Morgan fingerprint density at radius 3 is 2.50 bits per heavy atom. The largest absolute Gasteiger partial charge is 0.379 e. The second kappa shape index (κ2) is 11.7. The maximum Gasteiger partial charge on any atom is 0.191 e. The summed E-state index contributed by atoms with van der Waals surface area (Å²) in [5.41, 5.74) is 2.61. The van der Waals surface area contributed by atoms with Crippen LogP contribution in [0.3, 0.4) is 0 Å². The Morgan fingerprint density at radius 2 is 1.85 bits per heavy atom. The summed E-state index contributed by atoms with van der Waals surface area (Å²) in [5, 5.41) is 6.71. The third-order valence-electron chi connectivity index (χ3n) is 4.74. The quantitative estimate of drug-likeness (QED) is 0.375. The van der Waals surface area contributed by atoms with Crippen molar-refractivity contribution in [3.63, 3.8) is 0 Å². The molecule has 2 aliphatic rings. The molecule has 1 atom stereocenters. The number of hydrogen-bond donors (Lipinski definition) is 2. The van der Waals surface area contributed by atoms with Crippen molar-refractivity contribution < 1.29 is 9.47 Å². The van der Waals surface area contributed by atoms with Crippen molar-refractivity contribution in [2.24, 2.45) is 4.99 Å². The number of morpholine rings is 1. The van der Waals surface area contributed by atoms with Crippen molar-refractivity contribution in [1.82, 2.24) is 15.5 Å². The minimum Gasteiger partial charge on any atom is -0.379 e. The highest BCUT2D eigenvalue weighted by Crippen LogP contribution is 2.11. The summed E-state index contributed by atoms with van der Waals surface area (Å²) in [6.45, 7) is 7.21. The Morgan fingerprint density at radius 1 is 1.12 bits per heavy atom. The van der Waals surface area contributed by atoms with E-state index in [0.717, 1.165) is 71.3 Å². The van der Waals surface area contributed by atoms with Crippen LogP contribution in [0, 0.1) is 0 Å². The molecule has 26 heavy (non-hydrogen) atoms. The molecule has 7 heteroatoms. The number of benzene rings is 1. The normalized spacial score (nSPS) is 21.3. The first-order valence-corrected chi connectivity index (χ1v) is 9.27. The molecular weight excluding hydrogens is 443 g/mol. The van der Waals surface area contributed by atoms with E-state index in [0.29, 0.717) is 6.10 Å². The fraction of sp³-hybridized carbons (Fsp3) is 0.632. The van der Waals surface area contributed by atoms with Gasteiger partial charge >= 0.3 is 0 Å². The molecule has 1 aromatic rings. The summed E-state index contributed by atoms with van der Waals surface area (Å²) in [6, 6.07) is 8.82. The first kappa shape index (κ1) is 21.4. The van der Waals surface area contributed by atoms with Gasteiger partial charge in [-0.25, -0.2) is 0 Å². The molecule has 0 bridgehead atoms. The van der Waals surface area contributed by atoms with E-state index in [4.69, 9.17) is 9.47 Å². The molecule has 146 valence electrons. The number of aliphatic imine (C=N–C) groups is 1. The molecule has 2 aliphatic heterocycles.